The summed E-state index contributed by atoms with van der Waals surface area (Å²) in [5, 5.41) is 18.6. The molecule has 3 heterocycles. The normalized spacial score (nSPS) is 26.3. The molecule has 14 N–H and O–H groups in total. The monoisotopic (exact) mass is 1180 g/mol. The molecule has 0 spiro atoms. The van der Waals surface area contributed by atoms with Gasteiger partial charge in [0.1, 0.15) is 60.4 Å². The largest absolute Gasteiger partial charge is 0.343 e. The highest BCUT2D eigenvalue weighted by Crippen LogP contribution is 2.25. The summed E-state index contributed by atoms with van der Waals surface area (Å²) in [6.45, 7) is 14.9. The van der Waals surface area contributed by atoms with Crippen molar-refractivity contribution in [3.63, 3.8) is 0 Å². The third-order valence-electron chi connectivity index (χ3n) is 16.1. The van der Waals surface area contributed by atoms with Crippen molar-refractivity contribution < 1.29 is 47.9 Å². The highest BCUT2D eigenvalue weighted by molar-refractivity contribution is 6.00. The Morgan fingerprint density at radius 2 is 0.906 bits per heavy atom. The van der Waals surface area contributed by atoms with Crippen molar-refractivity contribution in [1.82, 2.24) is 51.7 Å². The fourth-order valence-corrected chi connectivity index (χ4v) is 11.2. The van der Waals surface area contributed by atoms with Gasteiger partial charge in [-0.2, -0.15) is 0 Å². The van der Waals surface area contributed by atoms with E-state index >= 15 is 4.79 Å². The maximum atomic E-state index is 15.1. The van der Waals surface area contributed by atoms with E-state index in [1.165, 1.54) is 9.80 Å². The van der Waals surface area contributed by atoms with E-state index in [2.05, 4.69) is 31.9 Å². The molecule has 10 atom stereocenters. The fourth-order valence-electron chi connectivity index (χ4n) is 11.2. The molecule has 85 heavy (non-hydrogen) atoms. The molecule has 0 aliphatic carbocycles. The van der Waals surface area contributed by atoms with Crippen molar-refractivity contribution in [2.75, 3.05) is 26.2 Å². The molecule has 3 aliphatic rings. The van der Waals surface area contributed by atoms with Crippen LogP contribution in [0.1, 0.15) is 137 Å². The molecule has 0 aromatic heterocycles. The summed E-state index contributed by atoms with van der Waals surface area (Å²) in [7, 11) is 0. The summed E-state index contributed by atoms with van der Waals surface area (Å²) in [5.41, 5.74) is 13.2. The molecule has 5 rings (SSSR count). The molecule has 0 unspecified atom stereocenters. The molecule has 24 heteroatoms. The number of fused-ring (bicyclic) bond motifs is 2. The van der Waals surface area contributed by atoms with Gasteiger partial charge in [0.05, 0.1) is 0 Å². The van der Waals surface area contributed by atoms with Gasteiger partial charge in [-0.3, -0.25) is 58.0 Å². The topological polar surface area (TPSA) is 360 Å². The number of nitrogens with zero attached hydrogens (tertiary/aromatic N) is 4. The van der Waals surface area contributed by atoms with E-state index in [1.54, 1.807) is 88.4 Å². The zero-order valence-electron chi connectivity index (χ0n) is 51.1. The van der Waals surface area contributed by atoms with Crippen molar-refractivity contribution in [3.8, 4) is 0 Å². The minimum atomic E-state index is -1.41. The number of hydrazine groups is 2. The quantitative estimate of drug-likeness (QED) is 0.0774. The van der Waals surface area contributed by atoms with E-state index < -0.39 is 131 Å². The molecule has 24 nitrogen and oxygen atoms in total. The van der Waals surface area contributed by atoms with Crippen LogP contribution in [0.4, 0.5) is 0 Å². The Balaban J connectivity index is 1.63. The number of hydrogen-bond acceptors (Lipinski definition) is 14. The van der Waals surface area contributed by atoms with Gasteiger partial charge in [-0.15, -0.1) is 0 Å². The summed E-state index contributed by atoms with van der Waals surface area (Å²) in [4.78, 5) is 150. The molecule has 3 saturated heterocycles. The number of carbonyl (C=O) groups is 10. The van der Waals surface area contributed by atoms with E-state index in [-0.39, 0.29) is 102 Å². The third-order valence-corrected chi connectivity index (χ3v) is 16.1. The van der Waals surface area contributed by atoms with Gasteiger partial charge in [-0.1, -0.05) is 116 Å². The van der Waals surface area contributed by atoms with Gasteiger partial charge in [-0.05, 0) is 119 Å². The van der Waals surface area contributed by atoms with Gasteiger partial charge >= 0.3 is 0 Å². The first-order chi connectivity index (χ1) is 40.4. The minimum absolute atomic E-state index is 0.00483. The van der Waals surface area contributed by atoms with Crippen LogP contribution in [0.5, 0.6) is 0 Å². The Bertz CT molecular complexity index is 2590. The summed E-state index contributed by atoms with van der Waals surface area (Å²) >= 11 is 0. The van der Waals surface area contributed by atoms with Crippen molar-refractivity contribution >= 4 is 59.1 Å². The Hall–Kier alpha value is -7.02. The first kappa shape index (κ1) is 68.8. The standard InChI is InChI=1S/C61H96N14O10/c1-36(2)27-28-43-53(77)69-45(34-40-19-11-9-12-20-40)58(82)72-31-17-25-46(72)54(78)70-50(38(5)6)57(81)67-42(23-15-29-62)52(76)68-44(33-37(3)4)59(83)75(65)49(35-41-21-13-10-14-22-41)60(84)73-32-18-26-47(73)55(79)71-51(39(7)8)61(85)74(64)48(24-16-30-63)56(80)66-43/h9-14,19-22,36-39,42-51H,15-18,23-35,62-65H2,1-8H3,(H,66,80)(H,67,81)(H,68,76)(H,69,77)(H,70,78)(H,71,79)/t42-,43-,44-,45+,46-,47-,48-,49+,50-,51-/m0/s1. The van der Waals surface area contributed by atoms with Crippen molar-refractivity contribution in [2.24, 2.45) is 46.8 Å². The first-order valence-corrected chi connectivity index (χ1v) is 30.4. The molecule has 0 radical (unpaired) electrons. The lowest BCUT2D eigenvalue weighted by molar-refractivity contribution is -0.151. The molecule has 2 aromatic carbocycles. The second-order valence-corrected chi connectivity index (χ2v) is 24.4. The maximum absolute atomic E-state index is 15.1. The summed E-state index contributed by atoms with van der Waals surface area (Å²) in [5.74, 6) is 5.01. The van der Waals surface area contributed by atoms with E-state index in [9.17, 15) is 43.2 Å². The number of rotatable bonds is 17. The van der Waals surface area contributed by atoms with Crippen LogP contribution in [-0.4, -0.2) is 165 Å². The molecule has 0 bridgehead atoms. The Morgan fingerprint density at radius 1 is 0.447 bits per heavy atom. The first-order valence-electron chi connectivity index (χ1n) is 30.4. The van der Waals surface area contributed by atoms with E-state index in [4.69, 9.17) is 23.2 Å². The smallest absolute Gasteiger partial charge is 0.260 e. The Morgan fingerprint density at radius 3 is 1.42 bits per heavy atom. The Kier molecular flexibility index (Phi) is 26.7. The summed E-state index contributed by atoms with van der Waals surface area (Å²) in [6, 6.07) is 5.16. The van der Waals surface area contributed by atoms with Crippen LogP contribution in [-0.2, 0) is 60.8 Å². The Labute approximate surface area is 501 Å². The SMILES string of the molecule is CC(C)CC[C@@H]1NC(=O)[C@H](CCCN)N(N)C(=O)[C@H](C(C)C)NC(=O)[C@@H]2CCCN2C(=O)[C@@H](Cc2ccccc2)N(N)C(=O)[C@H](CC(C)C)NC(=O)[C@H](CCCN)NC(=O)[C@H](C(C)C)NC(=O)[C@@H]2CCCN2C(=O)[C@@H](Cc2ccccc2)NC1=O. The molecular weight excluding hydrogens is 1090 g/mol. The number of nitrogens with two attached hydrogens (primary N) is 4. The van der Waals surface area contributed by atoms with Gasteiger partial charge in [0.15, 0.2) is 0 Å². The van der Waals surface area contributed by atoms with E-state index in [1.807, 2.05) is 27.7 Å². The number of carbonyl (C=O) groups excluding carboxylic acids is 10. The maximum Gasteiger partial charge on any atom is 0.260 e. The van der Waals surface area contributed by atoms with E-state index in [0.717, 1.165) is 10.0 Å². The van der Waals surface area contributed by atoms with Gasteiger partial charge < -0.3 is 53.2 Å². The average molecular weight is 1190 g/mol. The minimum Gasteiger partial charge on any atom is -0.343 e. The molecule has 0 saturated carbocycles. The molecular formula is C61H96N14O10. The number of hydrogen-bond donors (Lipinski definition) is 10. The highest BCUT2D eigenvalue weighted by Gasteiger charge is 2.45. The lowest BCUT2D eigenvalue weighted by Crippen LogP contribution is -2.64. The van der Waals surface area contributed by atoms with Crippen LogP contribution in [0, 0.1) is 23.7 Å². The average Bonchev–Trinajstić information content (AvgIpc) is 4.06. The van der Waals surface area contributed by atoms with Gasteiger partial charge in [0.2, 0.25) is 47.3 Å². The predicted molar refractivity (Wildman–Crippen MR) is 321 cm³/mol. The molecule has 470 valence electrons. The van der Waals surface area contributed by atoms with Crippen LogP contribution in [0.3, 0.4) is 0 Å². The van der Waals surface area contributed by atoms with Crippen LogP contribution >= 0.6 is 0 Å². The highest BCUT2D eigenvalue weighted by atomic mass is 16.2. The third kappa shape index (κ3) is 19.2. The van der Waals surface area contributed by atoms with Crippen LogP contribution in [0.25, 0.3) is 0 Å². The predicted octanol–water partition coefficient (Wildman–Crippen LogP) is 0.790. The van der Waals surface area contributed by atoms with Gasteiger partial charge in [0.25, 0.3) is 11.8 Å². The second kappa shape index (κ2) is 33.0. The summed E-state index contributed by atoms with van der Waals surface area (Å²) < 4.78 is 0. The number of amides is 10. The van der Waals surface area contributed by atoms with Crippen LogP contribution in [0.2, 0.25) is 0 Å². The number of benzene rings is 2. The second-order valence-electron chi connectivity index (χ2n) is 24.4. The molecule has 3 aliphatic heterocycles. The summed E-state index contributed by atoms with van der Waals surface area (Å²) in [6.07, 6.45) is 2.26. The van der Waals surface area contributed by atoms with Crippen LogP contribution < -0.4 is 55.1 Å². The van der Waals surface area contributed by atoms with Gasteiger partial charge in [-0.25, -0.2) is 11.7 Å². The van der Waals surface area contributed by atoms with Gasteiger partial charge in [0, 0.05) is 25.9 Å². The van der Waals surface area contributed by atoms with Crippen molar-refractivity contribution in [1.29, 1.82) is 0 Å². The molecule has 10 amide bonds. The molecule has 3 fully saturated rings. The molecule has 2 aromatic rings. The zero-order valence-corrected chi connectivity index (χ0v) is 51.1. The lowest BCUT2D eigenvalue weighted by Gasteiger charge is -2.36. The fraction of sp³-hybridized carbons (Fsp3) is 0.639. The zero-order chi connectivity index (χ0) is 62.7. The van der Waals surface area contributed by atoms with Crippen molar-refractivity contribution in [2.45, 2.75) is 199 Å². The lowest BCUT2D eigenvalue weighted by atomic mass is 9.98. The van der Waals surface area contributed by atoms with E-state index in [0.29, 0.717) is 30.4 Å². The number of nitrogens with one attached hydrogen (secondary N) is 6. The van der Waals surface area contributed by atoms with Crippen LogP contribution in [0.15, 0.2) is 60.7 Å². The van der Waals surface area contributed by atoms with Crippen molar-refractivity contribution in [3.05, 3.63) is 71.8 Å².